The summed E-state index contributed by atoms with van der Waals surface area (Å²) >= 11 is 4.42. The van der Waals surface area contributed by atoms with Crippen LogP contribution < -0.4 is 11.1 Å². The molecule has 0 radical (unpaired) electrons. The first kappa shape index (κ1) is 18.7. The minimum atomic E-state index is -3.35. The van der Waals surface area contributed by atoms with Gasteiger partial charge in [0.25, 0.3) is 0 Å². The summed E-state index contributed by atoms with van der Waals surface area (Å²) < 4.78 is 23.9. The highest BCUT2D eigenvalue weighted by molar-refractivity contribution is 9.09. The van der Waals surface area contributed by atoms with Crippen LogP contribution in [-0.4, -0.2) is 36.3 Å². The molecule has 3 rings (SSSR count). The number of allylic oxidation sites excluding steroid dienone is 3. The van der Waals surface area contributed by atoms with Gasteiger partial charge in [0.15, 0.2) is 20.4 Å². The summed E-state index contributed by atoms with van der Waals surface area (Å²) in [6.45, 7) is 0. The van der Waals surface area contributed by atoms with Gasteiger partial charge in [-0.25, -0.2) is 13.4 Å². The molecule has 10 heteroatoms. The molecule has 3 N–H and O–H groups in total. The number of nitrogens with two attached hydrogens (primary N) is 1. The van der Waals surface area contributed by atoms with Crippen molar-refractivity contribution in [2.75, 3.05) is 11.6 Å². The molecule has 0 fully saturated rings. The van der Waals surface area contributed by atoms with Crippen LogP contribution in [-0.2, 0) is 19.4 Å². The van der Waals surface area contributed by atoms with Gasteiger partial charge in [0, 0.05) is 6.26 Å². The van der Waals surface area contributed by atoms with Crippen LogP contribution in [0.25, 0.3) is 10.2 Å². The van der Waals surface area contributed by atoms with Crippen LogP contribution >= 0.6 is 27.3 Å². The normalized spacial score (nSPS) is 22.5. The van der Waals surface area contributed by atoms with Crippen LogP contribution in [0.4, 0.5) is 5.13 Å². The van der Waals surface area contributed by atoms with Gasteiger partial charge in [-0.15, -0.1) is 0 Å². The number of aromatic nitrogens is 1. The van der Waals surface area contributed by atoms with Crippen molar-refractivity contribution in [1.82, 2.24) is 4.98 Å². The number of amides is 2. The van der Waals surface area contributed by atoms with E-state index in [1.54, 1.807) is 24.3 Å². The Morgan fingerprint density at radius 2 is 2.08 bits per heavy atom. The largest absolute Gasteiger partial charge is 0.368 e. The SMILES string of the molecule is CS(=O)(=O)c1ccc2nc(NC(=O)C3(C(N)=O)C=CC=CC3Br)sc2c1. The highest BCUT2D eigenvalue weighted by Crippen LogP contribution is 2.36. The Bertz CT molecular complexity index is 1070. The van der Waals surface area contributed by atoms with Crippen molar-refractivity contribution in [3.63, 3.8) is 0 Å². The van der Waals surface area contributed by atoms with Crippen LogP contribution in [0.3, 0.4) is 0 Å². The van der Waals surface area contributed by atoms with E-state index in [1.807, 2.05) is 0 Å². The number of alkyl halides is 1. The van der Waals surface area contributed by atoms with Crippen LogP contribution in [0.15, 0.2) is 47.4 Å². The summed E-state index contributed by atoms with van der Waals surface area (Å²) in [6.07, 6.45) is 7.50. The van der Waals surface area contributed by atoms with Crippen molar-refractivity contribution in [1.29, 1.82) is 0 Å². The molecule has 1 aromatic carbocycles. The van der Waals surface area contributed by atoms with Crippen molar-refractivity contribution in [3.8, 4) is 0 Å². The molecule has 1 aliphatic rings. The maximum absolute atomic E-state index is 12.8. The van der Waals surface area contributed by atoms with E-state index in [0.29, 0.717) is 10.2 Å². The number of rotatable bonds is 4. The smallest absolute Gasteiger partial charge is 0.247 e. The Hall–Kier alpha value is -2.04. The zero-order valence-electron chi connectivity index (χ0n) is 13.5. The van der Waals surface area contributed by atoms with E-state index in [9.17, 15) is 18.0 Å². The Balaban J connectivity index is 1.95. The number of fused-ring (bicyclic) bond motifs is 1. The third-order valence-electron chi connectivity index (χ3n) is 3.98. The number of hydrogen-bond acceptors (Lipinski definition) is 6. The minimum absolute atomic E-state index is 0.168. The molecule has 2 unspecified atom stereocenters. The molecule has 1 aromatic heterocycles. The van der Waals surface area contributed by atoms with E-state index < -0.39 is 31.9 Å². The molecule has 2 aromatic rings. The number of sulfone groups is 1. The lowest BCUT2D eigenvalue weighted by Crippen LogP contribution is -2.51. The van der Waals surface area contributed by atoms with E-state index in [2.05, 4.69) is 26.2 Å². The Morgan fingerprint density at radius 1 is 1.35 bits per heavy atom. The second-order valence-corrected chi connectivity index (χ2v) is 9.79. The average molecular weight is 456 g/mol. The molecule has 0 bridgehead atoms. The summed E-state index contributed by atoms with van der Waals surface area (Å²) in [6, 6.07) is 4.52. The molecule has 7 nitrogen and oxygen atoms in total. The van der Waals surface area contributed by atoms with E-state index in [1.165, 1.54) is 18.2 Å². The van der Waals surface area contributed by atoms with Crippen molar-refractivity contribution < 1.29 is 18.0 Å². The molecule has 2 atom stereocenters. The summed E-state index contributed by atoms with van der Waals surface area (Å²) in [4.78, 5) is 28.6. The molecular formula is C16H14BrN3O4S2. The Morgan fingerprint density at radius 3 is 2.69 bits per heavy atom. The molecule has 0 aliphatic heterocycles. The summed E-state index contributed by atoms with van der Waals surface area (Å²) in [5.74, 6) is -1.41. The molecule has 0 spiro atoms. The highest BCUT2D eigenvalue weighted by Gasteiger charge is 2.48. The van der Waals surface area contributed by atoms with Crippen molar-refractivity contribution in [2.45, 2.75) is 9.72 Å². The van der Waals surface area contributed by atoms with Gasteiger partial charge in [-0.2, -0.15) is 0 Å². The van der Waals surface area contributed by atoms with Crippen molar-refractivity contribution in [2.24, 2.45) is 11.1 Å². The van der Waals surface area contributed by atoms with Gasteiger partial charge < -0.3 is 11.1 Å². The second kappa shape index (κ2) is 6.60. The molecule has 2 amide bonds. The number of nitrogens with zero attached hydrogens (tertiary/aromatic N) is 1. The predicted octanol–water partition coefficient (Wildman–Crippen LogP) is 2.00. The third kappa shape index (κ3) is 3.19. The van der Waals surface area contributed by atoms with Gasteiger partial charge in [-0.1, -0.05) is 51.6 Å². The third-order valence-corrected chi connectivity index (χ3v) is 7.05. The number of halogens is 1. The van der Waals surface area contributed by atoms with Gasteiger partial charge in [0.2, 0.25) is 11.8 Å². The number of carbonyl (C=O) groups is 2. The van der Waals surface area contributed by atoms with Crippen LogP contribution in [0.1, 0.15) is 0 Å². The zero-order chi connectivity index (χ0) is 19.1. The number of carbonyl (C=O) groups excluding carboxylic acids is 2. The molecule has 136 valence electrons. The first-order valence-electron chi connectivity index (χ1n) is 7.37. The topological polar surface area (TPSA) is 119 Å². The number of thiazole rings is 1. The predicted molar refractivity (Wildman–Crippen MR) is 104 cm³/mol. The van der Waals surface area contributed by atoms with Gasteiger partial charge in [0.1, 0.15) is 0 Å². The lowest BCUT2D eigenvalue weighted by molar-refractivity contribution is -0.134. The van der Waals surface area contributed by atoms with E-state index in [-0.39, 0.29) is 10.0 Å². The lowest BCUT2D eigenvalue weighted by atomic mass is 9.80. The molecule has 1 aliphatic carbocycles. The number of anilines is 1. The second-order valence-electron chi connectivity index (χ2n) is 5.75. The number of primary amides is 1. The van der Waals surface area contributed by atoms with Crippen molar-refractivity contribution >= 4 is 64.3 Å². The maximum Gasteiger partial charge on any atom is 0.247 e. The van der Waals surface area contributed by atoms with Crippen LogP contribution in [0, 0.1) is 5.41 Å². The zero-order valence-corrected chi connectivity index (χ0v) is 16.7. The van der Waals surface area contributed by atoms with E-state index >= 15 is 0 Å². The Labute approximate surface area is 162 Å². The lowest BCUT2D eigenvalue weighted by Gasteiger charge is -2.30. The quantitative estimate of drug-likeness (QED) is 0.539. The number of nitrogens with one attached hydrogen (secondary N) is 1. The fraction of sp³-hybridized carbons (Fsp3) is 0.188. The molecule has 26 heavy (non-hydrogen) atoms. The van der Waals surface area contributed by atoms with Crippen LogP contribution in [0.2, 0.25) is 0 Å². The van der Waals surface area contributed by atoms with E-state index in [0.717, 1.165) is 17.6 Å². The molecular weight excluding hydrogens is 442 g/mol. The highest BCUT2D eigenvalue weighted by atomic mass is 79.9. The van der Waals surface area contributed by atoms with Crippen LogP contribution in [0.5, 0.6) is 0 Å². The maximum atomic E-state index is 12.8. The van der Waals surface area contributed by atoms with Gasteiger partial charge in [0.05, 0.1) is 19.9 Å². The van der Waals surface area contributed by atoms with Gasteiger partial charge >= 0.3 is 0 Å². The average Bonchev–Trinajstić information content (AvgIpc) is 2.95. The minimum Gasteiger partial charge on any atom is -0.368 e. The molecule has 1 heterocycles. The van der Waals surface area contributed by atoms with Crippen molar-refractivity contribution in [3.05, 3.63) is 42.5 Å². The standard InChI is InChI=1S/C16H14BrN3O4S2/c1-26(23,24)9-5-6-10-11(8-9)25-15(19-10)20-14(22)16(13(18)21)7-3-2-4-12(16)17/h2-8,12H,1H3,(H2,18,21)(H,19,20,22). The first-order valence-corrected chi connectivity index (χ1v) is 11.0. The molecule has 0 saturated carbocycles. The number of benzene rings is 1. The van der Waals surface area contributed by atoms with Gasteiger partial charge in [-0.05, 0) is 18.2 Å². The van der Waals surface area contributed by atoms with E-state index in [4.69, 9.17) is 5.73 Å². The first-order chi connectivity index (χ1) is 12.1. The number of hydrogen-bond donors (Lipinski definition) is 2. The molecule has 0 saturated heterocycles. The summed E-state index contributed by atoms with van der Waals surface area (Å²) in [5.41, 5.74) is 4.45. The summed E-state index contributed by atoms with van der Waals surface area (Å²) in [5, 5.41) is 2.86. The Kier molecular flexibility index (Phi) is 4.76. The monoisotopic (exact) mass is 455 g/mol. The van der Waals surface area contributed by atoms with Gasteiger partial charge in [-0.3, -0.25) is 9.59 Å². The summed E-state index contributed by atoms with van der Waals surface area (Å²) in [7, 11) is -3.35. The fourth-order valence-electron chi connectivity index (χ4n) is 2.53. The fourth-order valence-corrected chi connectivity index (χ4v) is 4.92.